The summed E-state index contributed by atoms with van der Waals surface area (Å²) in [5, 5.41) is 12.8. The molecule has 12 aromatic rings. The Labute approximate surface area is 323 Å². The van der Waals surface area contributed by atoms with Crippen LogP contribution in [0.1, 0.15) is 0 Å². The summed E-state index contributed by atoms with van der Waals surface area (Å²) in [6.45, 7) is 0. The molecule has 0 unspecified atom stereocenters. The van der Waals surface area contributed by atoms with E-state index in [1.54, 1.807) is 0 Å². The van der Waals surface area contributed by atoms with Gasteiger partial charge in [-0.1, -0.05) is 158 Å². The fourth-order valence-corrected chi connectivity index (χ4v) is 9.37. The number of hydrogen-bond donors (Lipinski definition) is 0. The number of fused-ring (bicyclic) bond motifs is 13. The van der Waals surface area contributed by atoms with E-state index in [9.17, 15) is 0 Å². The summed E-state index contributed by atoms with van der Waals surface area (Å²) in [4.78, 5) is 0. The molecule has 0 N–H and O–H groups in total. The van der Waals surface area contributed by atoms with E-state index in [1.807, 2.05) is 0 Å². The molecule has 2 aromatic heterocycles. The fraction of sp³-hybridized carbons (Fsp3) is 0. The molecule has 2 heteroatoms. The maximum Gasteiger partial charge on any atom is 0.0626 e. The van der Waals surface area contributed by atoms with Crippen LogP contribution in [0.3, 0.4) is 0 Å². The Morgan fingerprint density at radius 1 is 0.250 bits per heavy atom. The molecule has 2 nitrogen and oxygen atoms in total. The summed E-state index contributed by atoms with van der Waals surface area (Å²) in [7, 11) is 0. The number of rotatable bonds is 4. The molecule has 0 bridgehead atoms. The van der Waals surface area contributed by atoms with Gasteiger partial charge in [0, 0.05) is 43.7 Å². The van der Waals surface area contributed by atoms with Crippen LogP contribution < -0.4 is 0 Å². The predicted molar refractivity (Wildman–Crippen MR) is 239 cm³/mol. The Morgan fingerprint density at radius 2 is 0.768 bits per heavy atom. The van der Waals surface area contributed by atoms with Crippen molar-refractivity contribution in [3.05, 3.63) is 206 Å². The Bertz CT molecular complexity index is 3490. The number of benzene rings is 10. The zero-order valence-corrected chi connectivity index (χ0v) is 30.5. The first-order valence-corrected chi connectivity index (χ1v) is 19.4. The number of hydrogen-bond acceptors (Lipinski definition) is 0. The second-order valence-corrected chi connectivity index (χ2v) is 14.9. The molecule has 0 saturated heterocycles. The number of nitrogens with zero attached hydrogens (tertiary/aromatic N) is 2. The van der Waals surface area contributed by atoms with E-state index in [0.29, 0.717) is 0 Å². The molecule has 0 radical (unpaired) electrons. The fourth-order valence-electron chi connectivity index (χ4n) is 9.37. The first kappa shape index (κ1) is 31.0. The van der Waals surface area contributed by atoms with Crippen LogP contribution in [0.25, 0.3) is 110 Å². The third-order valence-electron chi connectivity index (χ3n) is 11.9. The van der Waals surface area contributed by atoms with Crippen molar-refractivity contribution in [2.45, 2.75) is 0 Å². The minimum atomic E-state index is 1.15. The topological polar surface area (TPSA) is 9.86 Å². The Kier molecular flexibility index (Phi) is 6.66. The largest absolute Gasteiger partial charge is 0.309 e. The van der Waals surface area contributed by atoms with E-state index >= 15 is 0 Å². The van der Waals surface area contributed by atoms with Crippen molar-refractivity contribution in [1.29, 1.82) is 0 Å². The van der Waals surface area contributed by atoms with Crippen molar-refractivity contribution in [3.8, 4) is 33.6 Å². The molecule has 0 spiro atoms. The average Bonchev–Trinajstić information content (AvgIpc) is 3.80. The monoisotopic (exact) mass is 710 g/mol. The third kappa shape index (κ3) is 4.50. The maximum atomic E-state index is 2.48. The standard InChI is InChI=1S/C54H34N2/c1-2-12-35(13-3-1)36-22-28-40(29-23-36)55-49-20-10-8-17-44(49)48-34-39(27-33-51(48)55)37-24-30-41(31-25-37)56-50-21-11-9-19-47(50)53-52-42-15-5-4-14-38(42)26-32-45(52)43-16-6-7-18-46(43)54(53)56/h1-34H. The zero-order chi connectivity index (χ0) is 36.7. The molecular weight excluding hydrogens is 677 g/mol. The van der Waals surface area contributed by atoms with Gasteiger partial charge in [0.05, 0.1) is 22.1 Å². The second-order valence-electron chi connectivity index (χ2n) is 14.9. The highest BCUT2D eigenvalue weighted by atomic mass is 15.0. The summed E-state index contributed by atoms with van der Waals surface area (Å²) < 4.78 is 4.88. The molecule has 0 atom stereocenters. The molecule has 10 aromatic carbocycles. The molecular formula is C54H34N2. The lowest BCUT2D eigenvalue weighted by molar-refractivity contribution is 1.18. The van der Waals surface area contributed by atoms with E-state index in [4.69, 9.17) is 0 Å². The van der Waals surface area contributed by atoms with Gasteiger partial charge < -0.3 is 9.13 Å². The molecule has 0 aliphatic rings. The van der Waals surface area contributed by atoms with Crippen LogP contribution in [-0.2, 0) is 0 Å². The second kappa shape index (κ2) is 12.0. The summed E-state index contributed by atoms with van der Waals surface area (Å²) in [5.74, 6) is 0. The highest BCUT2D eigenvalue weighted by Gasteiger charge is 2.20. The highest BCUT2D eigenvalue weighted by molar-refractivity contribution is 6.36. The van der Waals surface area contributed by atoms with Gasteiger partial charge in [0.15, 0.2) is 0 Å². The van der Waals surface area contributed by atoms with Crippen LogP contribution in [0.2, 0.25) is 0 Å². The Hall–Kier alpha value is -7.42. The van der Waals surface area contributed by atoms with E-state index in [-0.39, 0.29) is 0 Å². The van der Waals surface area contributed by atoms with Gasteiger partial charge in [0.1, 0.15) is 0 Å². The molecule has 2 heterocycles. The normalized spacial score (nSPS) is 11.9. The summed E-state index contributed by atoms with van der Waals surface area (Å²) in [6.07, 6.45) is 0. The van der Waals surface area contributed by atoms with Crippen molar-refractivity contribution in [2.24, 2.45) is 0 Å². The first-order valence-electron chi connectivity index (χ1n) is 19.4. The molecule has 0 aliphatic carbocycles. The Morgan fingerprint density at radius 3 is 1.52 bits per heavy atom. The lowest BCUT2D eigenvalue weighted by Crippen LogP contribution is -1.95. The van der Waals surface area contributed by atoms with Gasteiger partial charge in [-0.3, -0.25) is 0 Å². The van der Waals surface area contributed by atoms with Gasteiger partial charge in [-0.25, -0.2) is 0 Å². The third-order valence-corrected chi connectivity index (χ3v) is 11.9. The van der Waals surface area contributed by atoms with Crippen LogP contribution in [0.4, 0.5) is 0 Å². The van der Waals surface area contributed by atoms with Crippen molar-refractivity contribution < 1.29 is 0 Å². The van der Waals surface area contributed by atoms with E-state index in [0.717, 1.165) is 11.4 Å². The zero-order valence-electron chi connectivity index (χ0n) is 30.5. The SMILES string of the molecule is c1ccc(-c2ccc(-n3c4ccccc4c4cc(-c5ccc(-n6c7ccccc7c7c8c9ccccc9ccc8c8ccccc8c76)cc5)ccc43)cc2)cc1. The minimum Gasteiger partial charge on any atom is -0.309 e. The molecule has 56 heavy (non-hydrogen) atoms. The van der Waals surface area contributed by atoms with Crippen molar-refractivity contribution in [1.82, 2.24) is 9.13 Å². The van der Waals surface area contributed by atoms with Gasteiger partial charge in [-0.15, -0.1) is 0 Å². The molecule has 0 amide bonds. The quantitative estimate of drug-likeness (QED) is 0.161. The molecule has 0 saturated carbocycles. The lowest BCUT2D eigenvalue weighted by Gasteiger charge is -2.14. The lowest BCUT2D eigenvalue weighted by atomic mass is 9.93. The Balaban J connectivity index is 1.02. The van der Waals surface area contributed by atoms with Crippen LogP contribution >= 0.6 is 0 Å². The van der Waals surface area contributed by atoms with E-state index < -0.39 is 0 Å². The molecule has 12 rings (SSSR count). The smallest absolute Gasteiger partial charge is 0.0626 e. The number of aromatic nitrogens is 2. The van der Waals surface area contributed by atoms with E-state index in [1.165, 1.54) is 98.2 Å². The first-order chi connectivity index (χ1) is 27.8. The van der Waals surface area contributed by atoms with Crippen LogP contribution in [-0.4, -0.2) is 9.13 Å². The highest BCUT2D eigenvalue weighted by Crippen LogP contribution is 2.45. The minimum absolute atomic E-state index is 1.15. The summed E-state index contributed by atoms with van der Waals surface area (Å²) in [5.41, 5.74) is 12.0. The maximum absolute atomic E-state index is 2.48. The van der Waals surface area contributed by atoms with Crippen LogP contribution in [0.5, 0.6) is 0 Å². The molecule has 0 aliphatic heterocycles. The summed E-state index contributed by atoms with van der Waals surface area (Å²) >= 11 is 0. The predicted octanol–water partition coefficient (Wildman–Crippen LogP) is 14.7. The number of para-hydroxylation sites is 2. The molecule has 0 fully saturated rings. The van der Waals surface area contributed by atoms with Crippen LogP contribution in [0.15, 0.2) is 206 Å². The van der Waals surface area contributed by atoms with Crippen molar-refractivity contribution >= 4 is 75.9 Å². The van der Waals surface area contributed by atoms with E-state index in [2.05, 4.69) is 215 Å². The van der Waals surface area contributed by atoms with Gasteiger partial charge in [0.2, 0.25) is 0 Å². The van der Waals surface area contributed by atoms with Gasteiger partial charge >= 0.3 is 0 Å². The molecule has 260 valence electrons. The summed E-state index contributed by atoms with van der Waals surface area (Å²) in [6, 6.07) is 75.6. The average molecular weight is 711 g/mol. The van der Waals surface area contributed by atoms with Crippen molar-refractivity contribution in [3.63, 3.8) is 0 Å². The van der Waals surface area contributed by atoms with Crippen molar-refractivity contribution in [2.75, 3.05) is 0 Å². The van der Waals surface area contributed by atoms with Crippen LogP contribution in [0, 0.1) is 0 Å². The van der Waals surface area contributed by atoms with Gasteiger partial charge in [0.25, 0.3) is 0 Å². The van der Waals surface area contributed by atoms with Gasteiger partial charge in [-0.05, 0) is 92.3 Å². The van der Waals surface area contributed by atoms with Gasteiger partial charge in [-0.2, -0.15) is 0 Å².